The summed E-state index contributed by atoms with van der Waals surface area (Å²) in [5.74, 6) is 2.07. The molecule has 0 amide bonds. The van der Waals surface area contributed by atoms with Gasteiger partial charge in [-0.15, -0.1) is 0 Å². The van der Waals surface area contributed by atoms with Crippen molar-refractivity contribution >= 4 is 28.5 Å². The predicted octanol–water partition coefficient (Wildman–Crippen LogP) is 3.61. The summed E-state index contributed by atoms with van der Waals surface area (Å²) in [7, 11) is 0. The van der Waals surface area contributed by atoms with Gasteiger partial charge >= 0.3 is 0 Å². The Bertz CT molecular complexity index is 788. The van der Waals surface area contributed by atoms with E-state index in [-0.39, 0.29) is 5.25 Å². The zero-order valence-electron chi connectivity index (χ0n) is 12.7. The molecule has 3 aromatic rings. The number of anilines is 1. The van der Waals surface area contributed by atoms with Crippen LogP contribution in [0.15, 0.2) is 33.9 Å². The lowest BCUT2D eigenvalue weighted by atomic mass is 10.2. The fourth-order valence-corrected chi connectivity index (χ4v) is 2.90. The predicted molar refractivity (Wildman–Crippen MR) is 87.0 cm³/mol. The number of thioether (sulfide) groups is 1. The van der Waals surface area contributed by atoms with E-state index in [0.29, 0.717) is 16.9 Å². The number of fused-ring (bicyclic) bond motifs is 1. The Balaban J connectivity index is 1.93. The van der Waals surface area contributed by atoms with Crippen LogP contribution in [0.4, 0.5) is 5.82 Å². The van der Waals surface area contributed by atoms with Gasteiger partial charge < -0.3 is 9.84 Å². The van der Waals surface area contributed by atoms with Crippen LogP contribution >= 0.6 is 11.8 Å². The van der Waals surface area contributed by atoms with Crippen LogP contribution in [0.5, 0.6) is 0 Å². The first-order chi connectivity index (χ1) is 10.7. The van der Waals surface area contributed by atoms with Crippen LogP contribution in [0.2, 0.25) is 0 Å². The van der Waals surface area contributed by atoms with Crippen molar-refractivity contribution in [2.24, 2.45) is 0 Å². The molecule has 0 fully saturated rings. The molecule has 6 nitrogen and oxygen atoms in total. The Morgan fingerprint density at radius 3 is 2.77 bits per heavy atom. The summed E-state index contributed by atoms with van der Waals surface area (Å²) < 4.78 is 5.21. The lowest BCUT2D eigenvalue weighted by molar-refractivity contribution is 0.376. The fourth-order valence-electron chi connectivity index (χ4n) is 2.10. The van der Waals surface area contributed by atoms with Gasteiger partial charge in [-0.3, -0.25) is 0 Å². The molecule has 0 spiro atoms. The molecule has 2 aromatic heterocycles. The van der Waals surface area contributed by atoms with Crippen LogP contribution in [-0.4, -0.2) is 26.7 Å². The number of para-hydroxylation sites is 1. The summed E-state index contributed by atoms with van der Waals surface area (Å²) in [6, 6.07) is 7.98. The summed E-state index contributed by atoms with van der Waals surface area (Å²) in [5, 5.41) is 8.83. The molecule has 0 radical (unpaired) electrons. The smallest absolute Gasteiger partial charge is 0.239 e. The average molecular weight is 315 g/mol. The van der Waals surface area contributed by atoms with Crippen LogP contribution < -0.4 is 5.32 Å². The maximum absolute atomic E-state index is 5.21. The summed E-state index contributed by atoms with van der Waals surface area (Å²) in [6.07, 6.45) is 0. The Morgan fingerprint density at radius 1 is 1.23 bits per heavy atom. The second-order valence-corrected chi connectivity index (χ2v) is 6.15. The molecule has 0 aliphatic carbocycles. The Morgan fingerprint density at radius 2 is 2.05 bits per heavy atom. The van der Waals surface area contributed by atoms with E-state index in [4.69, 9.17) is 4.52 Å². The maximum Gasteiger partial charge on any atom is 0.239 e. The molecule has 0 bridgehead atoms. The minimum Gasteiger partial charge on any atom is -0.370 e. The molecule has 22 heavy (non-hydrogen) atoms. The van der Waals surface area contributed by atoms with E-state index in [1.165, 1.54) is 11.8 Å². The number of rotatable bonds is 5. The van der Waals surface area contributed by atoms with E-state index < -0.39 is 0 Å². The monoisotopic (exact) mass is 315 g/mol. The number of nitrogens with zero attached hydrogens (tertiary/aromatic N) is 4. The molecule has 0 aliphatic heterocycles. The van der Waals surface area contributed by atoms with Crippen LogP contribution in [0.25, 0.3) is 10.9 Å². The van der Waals surface area contributed by atoms with Gasteiger partial charge in [-0.05, 0) is 32.9 Å². The molecule has 0 aliphatic rings. The van der Waals surface area contributed by atoms with E-state index in [2.05, 4.69) is 25.4 Å². The summed E-state index contributed by atoms with van der Waals surface area (Å²) in [4.78, 5) is 13.5. The number of hydrogen-bond acceptors (Lipinski definition) is 7. The third-order valence-corrected chi connectivity index (χ3v) is 4.05. The molecule has 7 heteroatoms. The third kappa shape index (κ3) is 3.04. The normalized spacial score (nSPS) is 12.5. The van der Waals surface area contributed by atoms with E-state index >= 15 is 0 Å². The average Bonchev–Trinajstić information content (AvgIpc) is 2.94. The number of nitrogens with one attached hydrogen (secondary N) is 1. The van der Waals surface area contributed by atoms with Crippen LogP contribution in [-0.2, 0) is 0 Å². The van der Waals surface area contributed by atoms with Crippen molar-refractivity contribution in [1.82, 2.24) is 20.1 Å². The van der Waals surface area contributed by atoms with Crippen molar-refractivity contribution < 1.29 is 4.52 Å². The van der Waals surface area contributed by atoms with Gasteiger partial charge in [0.1, 0.15) is 5.82 Å². The number of aromatic nitrogens is 4. The fraction of sp³-hybridized carbons (Fsp3) is 0.333. The van der Waals surface area contributed by atoms with Gasteiger partial charge in [0.05, 0.1) is 10.8 Å². The zero-order valence-corrected chi connectivity index (χ0v) is 13.5. The highest BCUT2D eigenvalue weighted by Gasteiger charge is 2.17. The molecule has 0 unspecified atom stereocenters. The zero-order chi connectivity index (χ0) is 15.5. The van der Waals surface area contributed by atoms with Crippen molar-refractivity contribution in [2.75, 3.05) is 11.9 Å². The second kappa shape index (κ2) is 6.31. The quantitative estimate of drug-likeness (QED) is 0.569. The number of hydrogen-bond donors (Lipinski definition) is 1. The molecule has 2 heterocycles. The molecule has 114 valence electrons. The molecule has 1 aromatic carbocycles. The first kappa shape index (κ1) is 14.8. The van der Waals surface area contributed by atoms with Gasteiger partial charge in [-0.1, -0.05) is 29.1 Å². The van der Waals surface area contributed by atoms with Crippen molar-refractivity contribution in [3.05, 3.63) is 36.0 Å². The Labute approximate surface area is 132 Å². The van der Waals surface area contributed by atoms with E-state index in [0.717, 1.165) is 23.3 Å². The van der Waals surface area contributed by atoms with E-state index in [1.807, 2.05) is 38.1 Å². The maximum atomic E-state index is 5.21. The van der Waals surface area contributed by atoms with E-state index in [9.17, 15) is 0 Å². The topological polar surface area (TPSA) is 76.7 Å². The Hall–Kier alpha value is -2.15. The lowest BCUT2D eigenvalue weighted by Gasteiger charge is -2.10. The number of benzene rings is 1. The van der Waals surface area contributed by atoms with Crippen LogP contribution in [0.1, 0.15) is 30.8 Å². The standard InChI is InChI=1S/C15H17N5OS/c1-4-16-13-11-7-5-6-8-12(11)18-15(19-13)22-9(2)14-17-10(3)20-21-14/h5-9H,4H2,1-3H3,(H,16,18,19)/t9-/m0/s1. The molecule has 1 atom stereocenters. The van der Waals surface area contributed by atoms with Crippen LogP contribution in [0, 0.1) is 6.92 Å². The summed E-state index contributed by atoms with van der Waals surface area (Å²) in [5.41, 5.74) is 0.921. The largest absolute Gasteiger partial charge is 0.370 e. The highest BCUT2D eigenvalue weighted by Crippen LogP contribution is 2.33. The van der Waals surface area contributed by atoms with Gasteiger partial charge in [0.15, 0.2) is 11.0 Å². The van der Waals surface area contributed by atoms with E-state index in [1.54, 1.807) is 6.92 Å². The lowest BCUT2D eigenvalue weighted by Crippen LogP contribution is -2.03. The van der Waals surface area contributed by atoms with Gasteiger partial charge in [0.25, 0.3) is 0 Å². The van der Waals surface area contributed by atoms with Gasteiger partial charge in [-0.2, -0.15) is 4.98 Å². The Kier molecular flexibility index (Phi) is 4.24. The molecular formula is C15H17N5OS. The SMILES string of the molecule is CCNc1nc(S[C@@H](C)c2nc(C)no2)nc2ccccc12. The second-order valence-electron chi connectivity index (χ2n) is 4.84. The first-order valence-electron chi connectivity index (χ1n) is 7.15. The third-order valence-electron chi connectivity index (χ3n) is 3.10. The van der Waals surface area contributed by atoms with Crippen molar-refractivity contribution in [1.29, 1.82) is 0 Å². The molecular weight excluding hydrogens is 298 g/mol. The summed E-state index contributed by atoms with van der Waals surface area (Å²) >= 11 is 1.51. The van der Waals surface area contributed by atoms with Gasteiger partial charge in [0, 0.05) is 11.9 Å². The minimum atomic E-state index is -0.00293. The van der Waals surface area contributed by atoms with Crippen molar-refractivity contribution in [2.45, 2.75) is 31.2 Å². The van der Waals surface area contributed by atoms with Crippen LogP contribution in [0.3, 0.4) is 0 Å². The molecule has 0 saturated heterocycles. The molecule has 3 rings (SSSR count). The van der Waals surface area contributed by atoms with Gasteiger partial charge in [0.2, 0.25) is 5.89 Å². The summed E-state index contributed by atoms with van der Waals surface area (Å²) in [6.45, 7) is 6.67. The first-order valence-corrected chi connectivity index (χ1v) is 8.03. The highest BCUT2D eigenvalue weighted by molar-refractivity contribution is 7.99. The number of aryl methyl sites for hydroxylation is 1. The van der Waals surface area contributed by atoms with Gasteiger partial charge in [-0.25, -0.2) is 9.97 Å². The van der Waals surface area contributed by atoms with Crippen molar-refractivity contribution in [3.63, 3.8) is 0 Å². The minimum absolute atomic E-state index is 0.00293. The van der Waals surface area contributed by atoms with Crippen molar-refractivity contribution in [3.8, 4) is 0 Å². The highest BCUT2D eigenvalue weighted by atomic mass is 32.2. The molecule has 0 saturated carbocycles. The molecule has 1 N–H and O–H groups in total.